The first-order chi connectivity index (χ1) is 12.6. The molecule has 0 aliphatic carbocycles. The number of hydrogen-bond donors (Lipinski definition) is 1. The summed E-state index contributed by atoms with van der Waals surface area (Å²) in [5.41, 5.74) is 4.21. The summed E-state index contributed by atoms with van der Waals surface area (Å²) in [4.78, 5) is 12.5. The second kappa shape index (κ2) is 8.50. The number of benzene rings is 3. The lowest BCUT2D eigenvalue weighted by Gasteiger charge is -2.21. The highest BCUT2D eigenvalue weighted by molar-refractivity contribution is 6.30. The largest absolute Gasteiger partial charge is 0.342 e. The van der Waals surface area contributed by atoms with Crippen LogP contribution < -0.4 is 5.32 Å². The fraction of sp³-hybridized carbons (Fsp3) is 0.0870. The van der Waals surface area contributed by atoms with E-state index in [0.29, 0.717) is 5.02 Å². The van der Waals surface area contributed by atoms with E-state index in [2.05, 4.69) is 24.4 Å². The van der Waals surface area contributed by atoms with Crippen molar-refractivity contribution in [2.24, 2.45) is 0 Å². The number of rotatable bonds is 5. The average molecular weight is 362 g/mol. The van der Waals surface area contributed by atoms with Crippen LogP contribution in [0.3, 0.4) is 0 Å². The number of hydrogen-bond acceptors (Lipinski definition) is 1. The molecule has 0 spiro atoms. The molecule has 3 rings (SSSR count). The van der Waals surface area contributed by atoms with Gasteiger partial charge in [0.05, 0.1) is 6.04 Å². The molecule has 1 atom stereocenters. The van der Waals surface area contributed by atoms with Crippen LogP contribution in [0.25, 0.3) is 6.08 Å². The highest BCUT2D eigenvalue weighted by Gasteiger charge is 2.17. The summed E-state index contributed by atoms with van der Waals surface area (Å²) in [6, 6.07) is 25.3. The van der Waals surface area contributed by atoms with Crippen LogP contribution in [0.1, 0.15) is 28.3 Å². The molecular weight excluding hydrogens is 342 g/mol. The van der Waals surface area contributed by atoms with Gasteiger partial charge in [-0.05, 0) is 47.4 Å². The first-order valence-electron chi connectivity index (χ1n) is 8.48. The fourth-order valence-electron chi connectivity index (χ4n) is 2.83. The Balaban J connectivity index is 1.83. The second-order valence-electron chi connectivity index (χ2n) is 6.09. The van der Waals surface area contributed by atoms with Crippen LogP contribution in [0, 0.1) is 6.92 Å². The maximum Gasteiger partial charge on any atom is 0.244 e. The second-order valence-corrected chi connectivity index (χ2v) is 6.53. The molecule has 3 aromatic carbocycles. The number of amides is 1. The highest BCUT2D eigenvalue weighted by Crippen LogP contribution is 2.24. The van der Waals surface area contributed by atoms with Crippen LogP contribution in [0.15, 0.2) is 84.9 Å². The van der Waals surface area contributed by atoms with E-state index in [4.69, 9.17) is 11.6 Å². The summed E-state index contributed by atoms with van der Waals surface area (Å²) in [6.07, 6.45) is 3.34. The van der Waals surface area contributed by atoms with Crippen LogP contribution in [-0.4, -0.2) is 5.91 Å². The van der Waals surface area contributed by atoms with Gasteiger partial charge in [0, 0.05) is 11.1 Å². The molecule has 0 saturated carbocycles. The quantitative estimate of drug-likeness (QED) is 0.591. The lowest BCUT2D eigenvalue weighted by atomic mass is 9.95. The molecule has 0 saturated heterocycles. The minimum absolute atomic E-state index is 0.142. The summed E-state index contributed by atoms with van der Waals surface area (Å²) in [5, 5.41) is 3.80. The van der Waals surface area contributed by atoms with Gasteiger partial charge < -0.3 is 5.32 Å². The third kappa shape index (κ3) is 4.62. The monoisotopic (exact) mass is 361 g/mol. The van der Waals surface area contributed by atoms with Gasteiger partial charge in [-0.1, -0.05) is 78.3 Å². The summed E-state index contributed by atoms with van der Waals surface area (Å²) in [5.74, 6) is -0.142. The standard InChI is InChI=1S/C23H20ClNO/c1-17-7-5-6-10-21(17)23(19-8-3-2-4-9-19)25-22(26)16-13-18-11-14-20(24)15-12-18/h2-16,23H,1H3,(H,25,26)/b16-13+. The van der Waals surface area contributed by atoms with E-state index in [0.717, 1.165) is 22.3 Å². The minimum Gasteiger partial charge on any atom is -0.342 e. The van der Waals surface area contributed by atoms with Crippen LogP contribution in [0.5, 0.6) is 0 Å². The molecule has 2 nitrogen and oxygen atoms in total. The Morgan fingerprint density at radius 2 is 1.58 bits per heavy atom. The Hall–Kier alpha value is -2.84. The van der Waals surface area contributed by atoms with Crippen molar-refractivity contribution in [3.8, 4) is 0 Å². The van der Waals surface area contributed by atoms with E-state index < -0.39 is 0 Å². The Morgan fingerprint density at radius 1 is 0.923 bits per heavy atom. The molecule has 0 aliphatic rings. The Labute approximate surface area is 159 Å². The molecular formula is C23H20ClNO. The van der Waals surface area contributed by atoms with Crippen LogP contribution >= 0.6 is 11.6 Å². The molecule has 0 aliphatic heterocycles. The van der Waals surface area contributed by atoms with Gasteiger partial charge in [-0.25, -0.2) is 0 Å². The molecule has 0 heterocycles. The van der Waals surface area contributed by atoms with Crippen LogP contribution in [-0.2, 0) is 4.79 Å². The number of nitrogens with one attached hydrogen (secondary N) is 1. The summed E-state index contributed by atoms with van der Waals surface area (Å²) >= 11 is 5.89. The molecule has 3 heteroatoms. The molecule has 0 fully saturated rings. The number of carbonyl (C=O) groups is 1. The molecule has 1 N–H and O–H groups in total. The Bertz CT molecular complexity index is 901. The molecule has 1 unspecified atom stereocenters. The molecule has 1 amide bonds. The molecule has 0 radical (unpaired) electrons. The van der Waals surface area contributed by atoms with Gasteiger partial charge in [0.15, 0.2) is 0 Å². The van der Waals surface area contributed by atoms with Gasteiger partial charge in [-0.15, -0.1) is 0 Å². The highest BCUT2D eigenvalue weighted by atomic mass is 35.5. The molecule has 130 valence electrons. The van der Waals surface area contributed by atoms with Gasteiger partial charge >= 0.3 is 0 Å². The van der Waals surface area contributed by atoms with Crippen LogP contribution in [0.4, 0.5) is 0 Å². The lowest BCUT2D eigenvalue weighted by Crippen LogP contribution is -2.28. The summed E-state index contributed by atoms with van der Waals surface area (Å²) in [6.45, 7) is 2.06. The fourth-order valence-corrected chi connectivity index (χ4v) is 2.96. The lowest BCUT2D eigenvalue weighted by molar-refractivity contribution is -0.116. The van der Waals surface area contributed by atoms with Gasteiger partial charge in [0.2, 0.25) is 5.91 Å². The minimum atomic E-state index is -0.195. The maximum atomic E-state index is 12.5. The summed E-state index contributed by atoms with van der Waals surface area (Å²) in [7, 11) is 0. The zero-order chi connectivity index (χ0) is 18.4. The maximum absolute atomic E-state index is 12.5. The zero-order valence-corrected chi connectivity index (χ0v) is 15.3. The van der Waals surface area contributed by atoms with E-state index in [1.807, 2.05) is 54.6 Å². The van der Waals surface area contributed by atoms with Gasteiger partial charge in [0.25, 0.3) is 0 Å². The van der Waals surface area contributed by atoms with Crippen molar-refractivity contribution in [2.45, 2.75) is 13.0 Å². The zero-order valence-electron chi connectivity index (χ0n) is 14.5. The molecule has 0 aromatic heterocycles. The van der Waals surface area contributed by atoms with Crippen molar-refractivity contribution >= 4 is 23.6 Å². The predicted octanol–water partition coefficient (Wildman–Crippen LogP) is 5.57. The number of aryl methyl sites for hydroxylation is 1. The predicted molar refractivity (Wildman–Crippen MR) is 108 cm³/mol. The van der Waals surface area contributed by atoms with E-state index in [-0.39, 0.29) is 11.9 Å². The van der Waals surface area contributed by atoms with Crippen molar-refractivity contribution in [1.29, 1.82) is 0 Å². The third-order valence-electron chi connectivity index (χ3n) is 4.22. The van der Waals surface area contributed by atoms with Gasteiger partial charge in [-0.2, -0.15) is 0 Å². The first-order valence-corrected chi connectivity index (χ1v) is 8.86. The smallest absolute Gasteiger partial charge is 0.244 e. The van der Waals surface area contributed by atoms with E-state index in [1.165, 1.54) is 0 Å². The van der Waals surface area contributed by atoms with Crippen molar-refractivity contribution in [2.75, 3.05) is 0 Å². The topological polar surface area (TPSA) is 29.1 Å². The summed E-state index contributed by atoms with van der Waals surface area (Å²) < 4.78 is 0. The van der Waals surface area contributed by atoms with E-state index in [9.17, 15) is 4.79 Å². The van der Waals surface area contributed by atoms with Gasteiger partial charge in [-0.3, -0.25) is 4.79 Å². The average Bonchev–Trinajstić information content (AvgIpc) is 2.67. The SMILES string of the molecule is Cc1ccccc1C(NC(=O)/C=C/c1ccc(Cl)cc1)c1ccccc1. The van der Waals surface area contributed by atoms with E-state index >= 15 is 0 Å². The normalized spacial score (nSPS) is 12.1. The number of halogens is 1. The molecule has 3 aromatic rings. The molecule has 0 bridgehead atoms. The Morgan fingerprint density at radius 3 is 2.27 bits per heavy atom. The van der Waals surface area contributed by atoms with Crippen molar-refractivity contribution in [1.82, 2.24) is 5.32 Å². The Kier molecular flexibility index (Phi) is 5.88. The van der Waals surface area contributed by atoms with Crippen molar-refractivity contribution in [3.63, 3.8) is 0 Å². The van der Waals surface area contributed by atoms with Crippen LogP contribution in [0.2, 0.25) is 5.02 Å². The van der Waals surface area contributed by atoms with E-state index in [1.54, 1.807) is 24.3 Å². The van der Waals surface area contributed by atoms with Gasteiger partial charge in [0.1, 0.15) is 0 Å². The van der Waals surface area contributed by atoms with Crippen molar-refractivity contribution < 1.29 is 4.79 Å². The van der Waals surface area contributed by atoms with Crippen molar-refractivity contribution in [3.05, 3.63) is 112 Å². The third-order valence-corrected chi connectivity index (χ3v) is 4.47. The number of carbonyl (C=O) groups excluding carboxylic acids is 1. The molecule has 26 heavy (non-hydrogen) atoms. The first kappa shape index (κ1) is 18.0.